The van der Waals surface area contributed by atoms with Gasteiger partial charge in [-0.25, -0.2) is 4.89 Å². The lowest BCUT2D eigenvalue weighted by Gasteiger charge is -2.01. The minimum absolute atomic E-state index is 0.00149. The summed E-state index contributed by atoms with van der Waals surface area (Å²) in [7, 11) is 0. The van der Waals surface area contributed by atoms with E-state index in [4.69, 9.17) is 11.0 Å². The van der Waals surface area contributed by atoms with E-state index in [9.17, 15) is 4.79 Å². The van der Waals surface area contributed by atoms with Crippen molar-refractivity contribution in [3.05, 3.63) is 0 Å². The van der Waals surface area contributed by atoms with Crippen molar-refractivity contribution < 1.29 is 14.9 Å². The van der Waals surface area contributed by atoms with Gasteiger partial charge in [0.25, 0.3) is 0 Å². The third-order valence-electron chi connectivity index (χ3n) is 1.36. The Hall–Kier alpha value is -0.650. The highest BCUT2D eigenvalue weighted by Gasteiger charge is 1.98. The summed E-state index contributed by atoms with van der Waals surface area (Å²) in [5, 5.41) is 10.6. The largest absolute Gasteiger partial charge is 0.355 e. The van der Waals surface area contributed by atoms with Crippen LogP contribution in [0.3, 0.4) is 0 Å². The maximum atomic E-state index is 10.9. The van der Waals surface area contributed by atoms with Gasteiger partial charge in [0.1, 0.15) is 0 Å². The Labute approximate surface area is 71.8 Å². The van der Waals surface area contributed by atoms with Crippen LogP contribution < -0.4 is 11.1 Å². The van der Waals surface area contributed by atoms with Gasteiger partial charge in [0.15, 0.2) is 0 Å². The van der Waals surface area contributed by atoms with Crippen LogP contribution in [0, 0.1) is 0 Å². The molecule has 0 saturated carbocycles. The Kier molecular flexibility index (Phi) is 7.99. The molecule has 5 nitrogen and oxygen atoms in total. The molecule has 1 amide bonds. The maximum Gasteiger partial charge on any atom is 0.220 e. The Balaban J connectivity index is 3.08. The summed E-state index contributed by atoms with van der Waals surface area (Å²) < 4.78 is 0. The molecule has 0 aromatic heterocycles. The summed E-state index contributed by atoms with van der Waals surface area (Å²) in [5.74, 6) is -0.00149. The van der Waals surface area contributed by atoms with Gasteiger partial charge >= 0.3 is 0 Å². The predicted molar refractivity (Wildman–Crippen MR) is 44.5 cm³/mol. The summed E-state index contributed by atoms with van der Waals surface area (Å²) in [6, 6.07) is 0. The summed E-state index contributed by atoms with van der Waals surface area (Å²) in [4.78, 5) is 14.7. The van der Waals surface area contributed by atoms with Crippen LogP contribution in [0.5, 0.6) is 0 Å². The van der Waals surface area contributed by atoms with Crippen LogP contribution in [-0.4, -0.2) is 30.9 Å². The van der Waals surface area contributed by atoms with Gasteiger partial charge in [-0.1, -0.05) is 0 Å². The first-order valence-corrected chi connectivity index (χ1v) is 4.04. The van der Waals surface area contributed by atoms with Gasteiger partial charge in [0.05, 0.1) is 6.61 Å². The predicted octanol–water partition coefficient (Wildman–Crippen LogP) is -0.279. The summed E-state index contributed by atoms with van der Waals surface area (Å²) in [5.41, 5.74) is 5.19. The molecule has 72 valence electrons. The van der Waals surface area contributed by atoms with E-state index >= 15 is 0 Å². The van der Waals surface area contributed by atoms with Crippen molar-refractivity contribution in [2.24, 2.45) is 5.73 Å². The minimum atomic E-state index is -0.00149. The van der Waals surface area contributed by atoms with Gasteiger partial charge in [-0.15, -0.1) is 0 Å². The van der Waals surface area contributed by atoms with Crippen molar-refractivity contribution in [3.8, 4) is 0 Å². The first kappa shape index (κ1) is 11.4. The lowest BCUT2D eigenvalue weighted by Crippen LogP contribution is -2.28. The van der Waals surface area contributed by atoms with Crippen molar-refractivity contribution in [2.75, 3.05) is 19.7 Å². The normalized spacial score (nSPS) is 9.83. The molecule has 0 saturated heterocycles. The number of nitrogens with one attached hydrogen (secondary N) is 1. The van der Waals surface area contributed by atoms with Crippen molar-refractivity contribution >= 4 is 5.91 Å². The number of carbonyl (C=O) groups excluding carboxylic acids is 1. The molecular weight excluding hydrogens is 160 g/mol. The molecule has 0 aliphatic carbocycles. The lowest BCUT2D eigenvalue weighted by atomic mass is 10.2. The summed E-state index contributed by atoms with van der Waals surface area (Å²) in [6.45, 7) is 1.27. The number of amides is 1. The van der Waals surface area contributed by atoms with E-state index in [2.05, 4.69) is 10.2 Å². The van der Waals surface area contributed by atoms with E-state index in [1.807, 2.05) is 0 Å². The average Bonchev–Trinajstić information content (AvgIpc) is 2.09. The van der Waals surface area contributed by atoms with Crippen molar-refractivity contribution in [1.29, 1.82) is 0 Å². The highest BCUT2D eigenvalue weighted by Crippen LogP contribution is 1.94. The van der Waals surface area contributed by atoms with Crippen molar-refractivity contribution in [3.63, 3.8) is 0 Å². The Morgan fingerprint density at radius 3 is 2.83 bits per heavy atom. The lowest BCUT2D eigenvalue weighted by molar-refractivity contribution is -0.242. The number of hydrogen-bond donors (Lipinski definition) is 3. The molecular formula is C7H16N2O3. The fourth-order valence-corrected chi connectivity index (χ4v) is 0.752. The van der Waals surface area contributed by atoms with Gasteiger partial charge in [-0.2, -0.15) is 0 Å². The molecule has 0 aliphatic heterocycles. The molecule has 0 unspecified atom stereocenters. The van der Waals surface area contributed by atoms with Crippen molar-refractivity contribution in [2.45, 2.75) is 19.3 Å². The molecule has 0 radical (unpaired) electrons. The summed E-state index contributed by atoms with van der Waals surface area (Å²) >= 11 is 0. The van der Waals surface area contributed by atoms with Crippen LogP contribution >= 0.6 is 0 Å². The molecule has 0 spiro atoms. The van der Waals surface area contributed by atoms with E-state index in [0.29, 0.717) is 25.9 Å². The van der Waals surface area contributed by atoms with E-state index < -0.39 is 0 Å². The zero-order valence-electron chi connectivity index (χ0n) is 7.08. The number of nitrogens with two attached hydrogens (primary N) is 1. The van der Waals surface area contributed by atoms with E-state index in [-0.39, 0.29) is 12.5 Å². The van der Waals surface area contributed by atoms with Gasteiger partial charge in [0.2, 0.25) is 5.91 Å². The first-order valence-electron chi connectivity index (χ1n) is 4.04. The smallest absolute Gasteiger partial charge is 0.220 e. The monoisotopic (exact) mass is 176 g/mol. The molecule has 0 aliphatic rings. The second kappa shape index (κ2) is 8.45. The number of unbranched alkanes of at least 4 members (excludes halogenated alkanes) is 1. The van der Waals surface area contributed by atoms with Crippen molar-refractivity contribution in [1.82, 2.24) is 5.32 Å². The van der Waals surface area contributed by atoms with E-state index in [0.717, 1.165) is 6.42 Å². The zero-order valence-corrected chi connectivity index (χ0v) is 7.08. The van der Waals surface area contributed by atoms with Gasteiger partial charge < -0.3 is 11.1 Å². The minimum Gasteiger partial charge on any atom is -0.355 e. The fraction of sp³-hybridized carbons (Fsp3) is 0.857. The second-order valence-corrected chi connectivity index (χ2v) is 2.43. The van der Waals surface area contributed by atoms with Crippen LogP contribution in [0.15, 0.2) is 0 Å². The van der Waals surface area contributed by atoms with Gasteiger partial charge in [0, 0.05) is 19.5 Å². The Bertz CT molecular complexity index is 119. The maximum absolute atomic E-state index is 10.9. The molecule has 0 fully saturated rings. The SMILES string of the molecule is NCCNC(=O)CCCCOO. The molecule has 4 N–H and O–H groups in total. The highest BCUT2D eigenvalue weighted by molar-refractivity contribution is 5.75. The van der Waals surface area contributed by atoms with E-state index in [1.165, 1.54) is 0 Å². The Morgan fingerprint density at radius 2 is 2.25 bits per heavy atom. The van der Waals surface area contributed by atoms with Gasteiger partial charge in [-0.05, 0) is 12.8 Å². The quantitative estimate of drug-likeness (QED) is 0.283. The number of carbonyl (C=O) groups is 1. The van der Waals surface area contributed by atoms with Crippen LogP contribution in [0.2, 0.25) is 0 Å². The average molecular weight is 176 g/mol. The molecule has 0 rings (SSSR count). The molecule has 0 atom stereocenters. The van der Waals surface area contributed by atoms with E-state index in [1.54, 1.807) is 0 Å². The third kappa shape index (κ3) is 7.46. The molecule has 5 heteroatoms. The van der Waals surface area contributed by atoms with Crippen LogP contribution in [0.4, 0.5) is 0 Å². The molecule has 0 aromatic carbocycles. The molecule has 0 heterocycles. The fourth-order valence-electron chi connectivity index (χ4n) is 0.752. The third-order valence-corrected chi connectivity index (χ3v) is 1.36. The topological polar surface area (TPSA) is 84.6 Å². The van der Waals surface area contributed by atoms with Crippen LogP contribution in [0.1, 0.15) is 19.3 Å². The van der Waals surface area contributed by atoms with Crippen LogP contribution in [-0.2, 0) is 9.68 Å². The molecule has 0 bridgehead atoms. The zero-order chi connectivity index (χ0) is 9.23. The molecule has 0 aromatic rings. The standard InChI is InChI=1S/C7H16N2O3/c8-4-5-9-7(10)3-1-2-6-12-11/h11H,1-6,8H2,(H,9,10). The highest BCUT2D eigenvalue weighted by atomic mass is 17.1. The van der Waals surface area contributed by atoms with Crippen LogP contribution in [0.25, 0.3) is 0 Å². The number of hydrogen-bond acceptors (Lipinski definition) is 4. The number of rotatable bonds is 7. The second-order valence-electron chi connectivity index (χ2n) is 2.43. The Morgan fingerprint density at radius 1 is 1.50 bits per heavy atom. The first-order chi connectivity index (χ1) is 5.81. The summed E-state index contributed by atoms with van der Waals surface area (Å²) in [6.07, 6.45) is 1.87. The molecule has 12 heavy (non-hydrogen) atoms. The van der Waals surface area contributed by atoms with Gasteiger partial charge in [-0.3, -0.25) is 10.1 Å².